The van der Waals surface area contributed by atoms with Gasteiger partial charge in [0.25, 0.3) is 5.91 Å². The first-order valence-electron chi connectivity index (χ1n) is 15.3. The van der Waals surface area contributed by atoms with Crippen LogP contribution in [0.15, 0.2) is 72.8 Å². The quantitative estimate of drug-likeness (QED) is 0.0761. The summed E-state index contributed by atoms with van der Waals surface area (Å²) in [6.07, 6.45) is 0. The summed E-state index contributed by atoms with van der Waals surface area (Å²) in [6.45, 7) is 0.406. The molecule has 0 saturated carbocycles. The van der Waals surface area contributed by atoms with Gasteiger partial charge < -0.3 is 43.4 Å². The maximum atomic E-state index is 13.9. The summed E-state index contributed by atoms with van der Waals surface area (Å²) in [6, 6.07) is 16.4. The maximum absolute atomic E-state index is 13.9. The molecule has 283 valence electrons. The number of carbonyl (C=O) groups excluding carboxylic acids is 4. The smallest absolute Gasteiger partial charge is 0.469 e. The van der Waals surface area contributed by atoms with Crippen LogP contribution in [-0.4, -0.2) is 110 Å². The van der Waals surface area contributed by atoms with Gasteiger partial charge in [-0.2, -0.15) is 0 Å². The Morgan fingerprint density at radius 3 is 1.46 bits per heavy atom. The largest absolute Gasteiger partial charge is 0.497 e. The molecule has 1 aromatic heterocycles. The molecule has 18 nitrogen and oxygen atoms in total. The van der Waals surface area contributed by atoms with E-state index in [9.17, 15) is 28.3 Å². The Morgan fingerprint density at radius 1 is 0.667 bits per heavy atom. The van der Waals surface area contributed by atoms with Crippen LogP contribution >= 0.6 is 15.6 Å². The monoisotopic (exact) mass is 799 g/mol. The van der Waals surface area contributed by atoms with Crippen LogP contribution in [0.25, 0.3) is 5.69 Å². The van der Waals surface area contributed by atoms with Gasteiger partial charge in [0.2, 0.25) is 11.5 Å². The zero-order chi connectivity index (χ0) is 39.1. The third kappa shape index (κ3) is 11.7. The average Bonchev–Trinajstić information content (AvgIpc) is 3.42. The summed E-state index contributed by atoms with van der Waals surface area (Å²) < 4.78 is 54.3. The fraction of sp³-hybridized carbons (Fsp3) is 0.212. The van der Waals surface area contributed by atoms with Gasteiger partial charge in [-0.25, -0.2) is 23.5 Å². The van der Waals surface area contributed by atoms with E-state index in [1.54, 1.807) is 0 Å². The van der Waals surface area contributed by atoms with E-state index in [2.05, 4.69) is 9.05 Å². The molecule has 4 aromatic rings. The molecule has 4 N–H and O–H groups in total. The van der Waals surface area contributed by atoms with E-state index in [0.29, 0.717) is 5.75 Å². The van der Waals surface area contributed by atoms with Gasteiger partial charge in [-0.1, -0.05) is 24.3 Å². The fourth-order valence-corrected chi connectivity index (χ4v) is 5.23. The summed E-state index contributed by atoms with van der Waals surface area (Å²) in [7, 11) is -5.34. The number of amides is 1. The Hall–Kier alpha value is -4.16. The molecule has 0 aliphatic carbocycles. The predicted molar refractivity (Wildman–Crippen MR) is 189 cm³/mol. The van der Waals surface area contributed by atoms with Crippen molar-refractivity contribution >= 4 is 69.0 Å². The molecular weight excluding hydrogens is 765 g/mol. The minimum Gasteiger partial charge on any atom is -0.497 e. The number of carbonyl (C=O) groups is 4. The van der Waals surface area contributed by atoms with E-state index >= 15 is 0 Å². The number of hydrogen-bond donors (Lipinski definition) is 4. The Bertz CT molecular complexity index is 2070. The summed E-state index contributed by atoms with van der Waals surface area (Å²) in [5.74, 6) is -4.93. The Kier molecular flexibility index (Phi) is 15.5. The van der Waals surface area contributed by atoms with Crippen LogP contribution in [0.4, 0.5) is 0 Å². The molecule has 0 saturated heterocycles. The van der Waals surface area contributed by atoms with Crippen LogP contribution in [0.1, 0.15) is 59.7 Å². The fourth-order valence-electron chi connectivity index (χ4n) is 4.59. The molecule has 0 aliphatic rings. The molecule has 4 rings (SSSR count). The van der Waals surface area contributed by atoms with Crippen molar-refractivity contribution < 1.29 is 75.9 Å². The number of phosphoric acid groups is 2. The minimum atomic E-state index is -4.78. The molecule has 54 heavy (non-hydrogen) atoms. The van der Waals surface area contributed by atoms with E-state index in [-0.39, 0.29) is 64.1 Å². The van der Waals surface area contributed by atoms with Gasteiger partial charge in [-0.05, 0) is 66.6 Å². The van der Waals surface area contributed by atoms with Gasteiger partial charge in [0.15, 0.2) is 11.4 Å². The Morgan fingerprint density at radius 2 is 1.09 bits per heavy atom. The van der Waals surface area contributed by atoms with E-state index in [1.165, 1.54) is 101 Å². The van der Waals surface area contributed by atoms with Crippen molar-refractivity contribution in [2.24, 2.45) is 0 Å². The van der Waals surface area contributed by atoms with Crippen LogP contribution in [0.2, 0.25) is 0 Å². The molecule has 3 aromatic carbocycles. The maximum Gasteiger partial charge on any atom is 0.469 e. The summed E-state index contributed by atoms with van der Waals surface area (Å²) in [4.78, 5) is 92.0. The standard InChI is InChI=1S/C33H34N2O16P2.Na/c1-5-47-33(39)27-29(51-32(38)23-12-8-21(9-13-23)19-49-53(43,44)45)28(50-31(37)22-10-6-20(7-11-22)18-48-52(40,41)42)26(30(36)34(2)3)35(27)24-14-16-25(46-4)17-15-24;/h6-17H,5,18-19H2,1-4H3,(H2,40,41,42)(H2,43,44,45);. The van der Waals surface area contributed by atoms with Gasteiger partial charge in [0, 0.05) is 49.3 Å². The summed E-state index contributed by atoms with van der Waals surface area (Å²) >= 11 is 0. The molecule has 0 unspecified atom stereocenters. The first-order valence-corrected chi connectivity index (χ1v) is 18.3. The minimum absolute atomic E-state index is 0. The molecule has 0 fully saturated rings. The third-order valence-corrected chi connectivity index (χ3v) is 7.99. The van der Waals surface area contributed by atoms with Gasteiger partial charge in [-0.3, -0.25) is 18.4 Å². The topological polar surface area (TPSA) is 247 Å². The number of methoxy groups -OCH3 is 1. The number of esters is 3. The first kappa shape index (κ1) is 44.2. The zero-order valence-corrected chi connectivity index (χ0v) is 33.3. The predicted octanol–water partition coefficient (Wildman–Crippen LogP) is 3.64. The van der Waals surface area contributed by atoms with E-state index in [0.717, 1.165) is 9.47 Å². The Labute approximate surface area is 330 Å². The number of nitrogens with zero attached hydrogens (tertiary/aromatic N) is 2. The second-order valence-electron chi connectivity index (χ2n) is 11.0. The molecular formula is C33H34N2NaO16P2. The van der Waals surface area contributed by atoms with Crippen molar-refractivity contribution in [1.29, 1.82) is 0 Å². The average molecular weight is 800 g/mol. The first-order chi connectivity index (χ1) is 24.9. The SMILES string of the molecule is CCOC(=O)c1c(OC(=O)c2ccc(COP(=O)(O)O)cc2)c(OC(=O)c2ccc(COP(=O)(O)O)cc2)c(C(=O)N(C)C)n1-c1ccc(OC)cc1.[Na]. The van der Waals surface area contributed by atoms with Crippen LogP contribution in [0.3, 0.4) is 0 Å². The molecule has 0 atom stereocenters. The normalized spacial score (nSPS) is 11.3. The van der Waals surface area contributed by atoms with Crippen LogP contribution in [0.5, 0.6) is 17.2 Å². The second kappa shape index (κ2) is 18.9. The molecule has 0 bridgehead atoms. The van der Waals surface area contributed by atoms with Gasteiger partial charge in [0.1, 0.15) is 5.75 Å². The molecule has 0 spiro atoms. The number of benzene rings is 3. The second-order valence-corrected chi connectivity index (χ2v) is 13.5. The molecule has 1 amide bonds. The van der Waals surface area contributed by atoms with E-state index < -0.39 is 75.6 Å². The third-order valence-electron chi connectivity index (χ3n) is 7.06. The van der Waals surface area contributed by atoms with Crippen molar-refractivity contribution in [2.45, 2.75) is 20.1 Å². The van der Waals surface area contributed by atoms with Crippen LogP contribution < -0.4 is 14.2 Å². The summed E-state index contributed by atoms with van der Waals surface area (Å²) in [5, 5.41) is 0. The van der Waals surface area contributed by atoms with Gasteiger partial charge in [-0.15, -0.1) is 0 Å². The number of aromatic nitrogens is 1. The molecule has 1 heterocycles. The molecule has 1 radical (unpaired) electrons. The molecule has 21 heteroatoms. The van der Waals surface area contributed by atoms with Gasteiger partial charge in [0.05, 0.1) is 38.1 Å². The summed E-state index contributed by atoms with van der Waals surface area (Å²) in [5.41, 5.74) is -0.419. The van der Waals surface area contributed by atoms with Crippen molar-refractivity contribution in [3.63, 3.8) is 0 Å². The number of rotatable bonds is 15. The number of hydrogen-bond acceptors (Lipinski definition) is 12. The van der Waals surface area contributed by atoms with Gasteiger partial charge >= 0.3 is 33.6 Å². The number of ether oxygens (including phenoxy) is 4. The van der Waals surface area contributed by atoms with Crippen molar-refractivity contribution in [2.75, 3.05) is 27.8 Å². The van der Waals surface area contributed by atoms with Crippen molar-refractivity contribution in [3.05, 3.63) is 106 Å². The van der Waals surface area contributed by atoms with E-state index in [4.69, 9.17) is 38.5 Å². The van der Waals surface area contributed by atoms with Crippen LogP contribution in [0, 0.1) is 0 Å². The van der Waals surface area contributed by atoms with E-state index in [1.807, 2.05) is 0 Å². The Balaban J connectivity index is 0.00000784. The van der Waals surface area contributed by atoms with Crippen molar-refractivity contribution in [3.8, 4) is 22.9 Å². The van der Waals surface area contributed by atoms with Crippen molar-refractivity contribution in [1.82, 2.24) is 9.47 Å². The number of phosphoric ester groups is 2. The zero-order valence-electron chi connectivity index (χ0n) is 29.5. The van der Waals surface area contributed by atoms with Crippen LogP contribution in [-0.2, 0) is 36.1 Å². The molecule has 0 aliphatic heterocycles.